The fourth-order valence-electron chi connectivity index (χ4n) is 4.97. The lowest BCUT2D eigenvalue weighted by Gasteiger charge is -2.32. The number of hydrogen-bond donors (Lipinski definition) is 2. The van der Waals surface area contributed by atoms with E-state index in [4.69, 9.17) is 0 Å². The van der Waals surface area contributed by atoms with E-state index < -0.39 is 28.0 Å². The van der Waals surface area contributed by atoms with Gasteiger partial charge in [-0.25, -0.2) is 8.42 Å². The molecule has 0 spiro atoms. The van der Waals surface area contributed by atoms with E-state index in [1.165, 1.54) is 4.31 Å². The van der Waals surface area contributed by atoms with Crippen molar-refractivity contribution in [2.24, 2.45) is 11.8 Å². The van der Waals surface area contributed by atoms with Crippen LogP contribution >= 0.6 is 0 Å². The number of fused-ring (bicyclic) bond motifs is 3. The second kappa shape index (κ2) is 7.37. The van der Waals surface area contributed by atoms with Crippen LogP contribution in [0.5, 0.6) is 0 Å². The molecule has 3 aliphatic rings. The van der Waals surface area contributed by atoms with E-state index in [1.807, 2.05) is 6.92 Å². The zero-order valence-electron chi connectivity index (χ0n) is 16.6. The maximum Gasteiger partial charge on any atom is 0.258 e. The van der Waals surface area contributed by atoms with Crippen LogP contribution < -0.4 is 10.9 Å². The average molecular weight is 422 g/mol. The summed E-state index contributed by atoms with van der Waals surface area (Å²) in [4.78, 5) is 25.9. The number of rotatable bonds is 5. The molecule has 0 unspecified atom stereocenters. The van der Waals surface area contributed by atoms with Crippen LogP contribution in [0.2, 0.25) is 0 Å². The van der Waals surface area contributed by atoms with Gasteiger partial charge in [0, 0.05) is 42.3 Å². The molecule has 0 bridgehead atoms. The summed E-state index contributed by atoms with van der Waals surface area (Å²) in [7, 11) is -3.76. The van der Waals surface area contributed by atoms with Crippen molar-refractivity contribution in [3.8, 4) is 0 Å². The number of aromatic nitrogens is 1. The number of aliphatic hydroxyl groups is 1. The Morgan fingerprint density at radius 1 is 1.34 bits per heavy atom. The van der Waals surface area contributed by atoms with Crippen molar-refractivity contribution in [3.05, 3.63) is 39.8 Å². The van der Waals surface area contributed by atoms with Gasteiger partial charge in [-0.15, -0.1) is 0 Å². The normalized spacial score (nSPS) is 29.6. The molecule has 8 nitrogen and oxygen atoms in total. The summed E-state index contributed by atoms with van der Waals surface area (Å²) in [6.45, 7) is 1.79. The number of nitrogens with one attached hydrogen (secondary N) is 1. The van der Waals surface area contributed by atoms with Crippen molar-refractivity contribution in [1.29, 1.82) is 0 Å². The molecule has 2 N–H and O–H groups in total. The highest BCUT2D eigenvalue weighted by atomic mass is 32.2. The lowest BCUT2D eigenvalue weighted by Crippen LogP contribution is -2.53. The summed E-state index contributed by atoms with van der Waals surface area (Å²) < 4.78 is 28.3. The first kappa shape index (κ1) is 20.3. The molecule has 1 aromatic rings. The Hall–Kier alpha value is -1.97. The van der Waals surface area contributed by atoms with E-state index in [1.54, 1.807) is 28.9 Å². The van der Waals surface area contributed by atoms with Crippen LogP contribution in [-0.2, 0) is 21.4 Å². The molecule has 0 radical (unpaired) electrons. The van der Waals surface area contributed by atoms with Crippen LogP contribution in [0.4, 0.5) is 0 Å². The molecule has 2 aliphatic heterocycles. The molecule has 1 aromatic heterocycles. The minimum absolute atomic E-state index is 0.0713. The van der Waals surface area contributed by atoms with Crippen molar-refractivity contribution in [2.75, 3.05) is 12.9 Å². The molecule has 3 heterocycles. The summed E-state index contributed by atoms with van der Waals surface area (Å²) in [5, 5.41) is 13.0. The molecule has 9 heteroatoms. The quantitative estimate of drug-likeness (QED) is 0.719. The van der Waals surface area contributed by atoms with E-state index in [0.29, 0.717) is 11.3 Å². The zero-order valence-corrected chi connectivity index (χ0v) is 17.4. The molecular formula is C20H27N3O5S. The first-order chi connectivity index (χ1) is 13.8. The fourth-order valence-corrected chi connectivity index (χ4v) is 6.32. The second-order valence-electron chi connectivity index (χ2n) is 8.26. The zero-order chi connectivity index (χ0) is 20.9. The molecule has 29 heavy (non-hydrogen) atoms. The molecular weight excluding hydrogens is 394 g/mol. The number of hydrogen-bond acceptors (Lipinski definition) is 5. The van der Waals surface area contributed by atoms with Gasteiger partial charge in [0.05, 0.1) is 12.3 Å². The topological polar surface area (TPSA) is 109 Å². The molecule has 1 saturated heterocycles. The summed E-state index contributed by atoms with van der Waals surface area (Å²) in [5.41, 5.74) is 0.925. The third-order valence-corrected chi connectivity index (χ3v) is 7.72. The number of carbonyl (C=O) groups is 1. The predicted octanol–water partition coefficient (Wildman–Crippen LogP) is 0.473. The van der Waals surface area contributed by atoms with Gasteiger partial charge >= 0.3 is 0 Å². The van der Waals surface area contributed by atoms with E-state index in [9.17, 15) is 23.1 Å². The largest absolute Gasteiger partial charge is 0.396 e. The standard InChI is InChI=1S/C20H27N3O5S/c1-3-5-12-8-9-16-17-14(10-22(16)20(12)26)15(11-24)18(23(17)29(2,27)28)19(25)21-13-6-4-7-13/h3,5,8-9,13-15,17-18,24H,4,6-7,10-11H2,1-2H3,(H,21,25)/b5-3-/t14-,15-,17+,18-/m0/s1. The first-order valence-corrected chi connectivity index (χ1v) is 11.9. The van der Waals surface area contributed by atoms with Gasteiger partial charge in [-0.3, -0.25) is 9.59 Å². The van der Waals surface area contributed by atoms with Crippen LogP contribution in [0.1, 0.15) is 43.5 Å². The third kappa shape index (κ3) is 3.25. The molecule has 2 fully saturated rings. The van der Waals surface area contributed by atoms with Crippen molar-refractivity contribution >= 4 is 22.0 Å². The number of sulfonamides is 1. The first-order valence-electron chi connectivity index (χ1n) is 10.0. The van der Waals surface area contributed by atoms with Gasteiger partial charge in [0.2, 0.25) is 15.9 Å². The summed E-state index contributed by atoms with van der Waals surface area (Å²) in [6, 6.07) is 1.92. The van der Waals surface area contributed by atoms with Gasteiger partial charge in [0.1, 0.15) is 6.04 Å². The molecule has 4 atom stereocenters. The Kier molecular flexibility index (Phi) is 5.16. The van der Waals surface area contributed by atoms with Crippen LogP contribution in [0.25, 0.3) is 6.08 Å². The average Bonchev–Trinajstić information content (AvgIpc) is 3.14. The highest BCUT2D eigenvalue weighted by molar-refractivity contribution is 7.88. The Balaban J connectivity index is 1.78. The van der Waals surface area contributed by atoms with Gasteiger partial charge in [-0.05, 0) is 38.3 Å². The van der Waals surface area contributed by atoms with Crippen molar-refractivity contribution in [3.63, 3.8) is 0 Å². The van der Waals surface area contributed by atoms with Gasteiger partial charge in [0.15, 0.2) is 0 Å². The number of pyridine rings is 1. The predicted molar refractivity (Wildman–Crippen MR) is 108 cm³/mol. The van der Waals surface area contributed by atoms with Crippen molar-refractivity contribution in [2.45, 2.75) is 50.9 Å². The molecule has 1 amide bonds. The summed E-state index contributed by atoms with van der Waals surface area (Å²) in [5.74, 6) is -1.26. The number of allylic oxidation sites excluding steroid dienone is 1. The highest BCUT2D eigenvalue weighted by Crippen LogP contribution is 2.50. The monoisotopic (exact) mass is 421 g/mol. The van der Waals surface area contributed by atoms with Gasteiger partial charge in [-0.2, -0.15) is 4.31 Å². The van der Waals surface area contributed by atoms with E-state index in [-0.39, 0.29) is 36.6 Å². The maximum absolute atomic E-state index is 13.0. The molecule has 0 aromatic carbocycles. The number of carbonyl (C=O) groups excluding carboxylic acids is 1. The molecule has 158 valence electrons. The van der Waals surface area contributed by atoms with Crippen molar-refractivity contribution < 1.29 is 18.3 Å². The molecule has 4 rings (SSSR count). The Bertz CT molecular complexity index is 1010. The lowest BCUT2D eigenvalue weighted by atomic mass is 9.87. The Labute approximate surface area is 170 Å². The van der Waals surface area contributed by atoms with Gasteiger partial charge < -0.3 is 15.0 Å². The lowest BCUT2D eigenvalue weighted by molar-refractivity contribution is -0.127. The third-order valence-electron chi connectivity index (χ3n) is 6.50. The summed E-state index contributed by atoms with van der Waals surface area (Å²) in [6.07, 6.45) is 7.41. The van der Waals surface area contributed by atoms with E-state index in [2.05, 4.69) is 5.32 Å². The van der Waals surface area contributed by atoms with E-state index in [0.717, 1.165) is 25.5 Å². The highest BCUT2D eigenvalue weighted by Gasteiger charge is 2.58. The number of amides is 1. The smallest absolute Gasteiger partial charge is 0.258 e. The SMILES string of the molecule is C/C=C\c1ccc2n(c1=O)C[C@H]1[C@H](CO)[C@@H](C(=O)NC3CCC3)N(S(C)(=O)=O)[C@@H]21. The molecule has 1 aliphatic carbocycles. The van der Waals surface area contributed by atoms with Crippen LogP contribution in [-0.4, -0.2) is 53.3 Å². The molecule has 1 saturated carbocycles. The van der Waals surface area contributed by atoms with E-state index >= 15 is 0 Å². The van der Waals surface area contributed by atoms with Gasteiger partial charge in [-0.1, -0.05) is 12.2 Å². The fraction of sp³-hybridized carbons (Fsp3) is 0.600. The maximum atomic E-state index is 13.0. The Morgan fingerprint density at radius 2 is 2.07 bits per heavy atom. The second-order valence-corrected chi connectivity index (χ2v) is 10.1. The van der Waals surface area contributed by atoms with Crippen molar-refractivity contribution in [1.82, 2.24) is 14.2 Å². The van der Waals surface area contributed by atoms with Crippen LogP contribution in [0.3, 0.4) is 0 Å². The number of aliphatic hydroxyl groups excluding tert-OH is 1. The van der Waals surface area contributed by atoms with Gasteiger partial charge in [0.25, 0.3) is 5.56 Å². The summed E-state index contributed by atoms with van der Waals surface area (Å²) >= 11 is 0. The Morgan fingerprint density at radius 3 is 2.62 bits per heavy atom. The minimum Gasteiger partial charge on any atom is -0.396 e. The van der Waals surface area contributed by atoms with Crippen LogP contribution in [0, 0.1) is 11.8 Å². The number of nitrogens with zero attached hydrogens (tertiary/aromatic N) is 2. The van der Waals surface area contributed by atoms with Crippen LogP contribution in [0.15, 0.2) is 23.0 Å². The minimum atomic E-state index is -3.76.